The van der Waals surface area contributed by atoms with Crippen molar-refractivity contribution >= 4 is 15.9 Å². The lowest BCUT2D eigenvalue weighted by molar-refractivity contribution is 0.194. The normalized spacial score (nSPS) is 24.2. The number of hydrogen-bond acceptors (Lipinski definition) is 3. The summed E-state index contributed by atoms with van der Waals surface area (Å²) in [5.74, 6) is 0.982. The van der Waals surface area contributed by atoms with Crippen LogP contribution in [0.5, 0.6) is 5.75 Å². The summed E-state index contributed by atoms with van der Waals surface area (Å²) in [5, 5.41) is 13.0. The van der Waals surface area contributed by atoms with Gasteiger partial charge in [-0.15, -0.1) is 0 Å². The predicted molar refractivity (Wildman–Crippen MR) is 73.8 cm³/mol. The van der Waals surface area contributed by atoms with Crippen LogP contribution in [0, 0.1) is 5.41 Å². The van der Waals surface area contributed by atoms with E-state index in [-0.39, 0.29) is 5.41 Å². The van der Waals surface area contributed by atoms with Gasteiger partial charge in [0.1, 0.15) is 5.75 Å². The van der Waals surface area contributed by atoms with Gasteiger partial charge in [-0.25, -0.2) is 0 Å². The van der Waals surface area contributed by atoms with E-state index in [9.17, 15) is 5.11 Å². The average molecular weight is 312 g/mol. The van der Waals surface area contributed by atoms with Gasteiger partial charge in [-0.1, -0.05) is 15.9 Å². The smallest absolute Gasteiger partial charge is 0.124 e. The Labute approximate surface area is 116 Å². The SMILES string of the molecule is OCC1(CNC2CCOc3ccc(Br)cc32)CC1. The predicted octanol–water partition coefficient (Wildman–Crippen LogP) is 2.63. The number of halogens is 1. The zero-order chi connectivity index (χ0) is 12.6. The van der Waals surface area contributed by atoms with E-state index >= 15 is 0 Å². The van der Waals surface area contributed by atoms with E-state index in [1.165, 1.54) is 5.56 Å². The highest BCUT2D eigenvalue weighted by Gasteiger charge is 2.42. The maximum absolute atomic E-state index is 9.35. The molecule has 1 unspecified atom stereocenters. The molecule has 1 saturated carbocycles. The third kappa shape index (κ3) is 2.42. The summed E-state index contributed by atoms with van der Waals surface area (Å²) < 4.78 is 6.76. The van der Waals surface area contributed by atoms with Gasteiger partial charge < -0.3 is 15.2 Å². The Morgan fingerprint density at radius 1 is 1.44 bits per heavy atom. The van der Waals surface area contributed by atoms with Gasteiger partial charge in [0, 0.05) is 41.1 Å². The second-order valence-corrected chi connectivity index (χ2v) is 6.33. The fraction of sp³-hybridized carbons (Fsp3) is 0.571. The quantitative estimate of drug-likeness (QED) is 0.898. The van der Waals surface area contributed by atoms with Crippen molar-refractivity contribution in [2.45, 2.75) is 25.3 Å². The molecule has 1 aliphatic heterocycles. The Balaban J connectivity index is 1.72. The van der Waals surface area contributed by atoms with Crippen molar-refractivity contribution < 1.29 is 9.84 Å². The van der Waals surface area contributed by atoms with Gasteiger partial charge >= 0.3 is 0 Å². The Bertz CT molecular complexity index is 445. The van der Waals surface area contributed by atoms with Gasteiger partial charge in [0.25, 0.3) is 0 Å². The van der Waals surface area contributed by atoms with Crippen molar-refractivity contribution in [3.63, 3.8) is 0 Å². The number of aliphatic hydroxyl groups excluding tert-OH is 1. The van der Waals surface area contributed by atoms with E-state index in [1.54, 1.807) is 0 Å². The molecule has 1 aliphatic carbocycles. The maximum atomic E-state index is 9.35. The Morgan fingerprint density at radius 3 is 3.00 bits per heavy atom. The third-order valence-electron chi connectivity index (χ3n) is 4.03. The van der Waals surface area contributed by atoms with E-state index in [1.807, 2.05) is 12.1 Å². The summed E-state index contributed by atoms with van der Waals surface area (Å²) >= 11 is 3.51. The zero-order valence-corrected chi connectivity index (χ0v) is 11.9. The van der Waals surface area contributed by atoms with Gasteiger partial charge in [0.2, 0.25) is 0 Å². The summed E-state index contributed by atoms with van der Waals surface area (Å²) in [6.45, 7) is 1.97. The largest absolute Gasteiger partial charge is 0.493 e. The molecular formula is C14H18BrNO2. The molecule has 1 heterocycles. The van der Waals surface area contributed by atoms with Crippen LogP contribution in [-0.2, 0) is 0 Å². The molecule has 0 saturated heterocycles. The molecule has 3 nitrogen and oxygen atoms in total. The molecule has 0 bridgehead atoms. The Morgan fingerprint density at radius 2 is 2.28 bits per heavy atom. The molecule has 3 rings (SSSR count). The van der Waals surface area contributed by atoms with E-state index in [0.29, 0.717) is 12.6 Å². The van der Waals surface area contributed by atoms with Gasteiger partial charge in [0.15, 0.2) is 0 Å². The highest BCUT2D eigenvalue weighted by atomic mass is 79.9. The standard InChI is InChI=1S/C14H18BrNO2/c15-10-1-2-13-11(7-10)12(3-6-18-13)16-8-14(9-17)4-5-14/h1-2,7,12,16-17H,3-6,8-9H2. The lowest BCUT2D eigenvalue weighted by Gasteiger charge is -2.28. The van der Waals surface area contributed by atoms with Crippen LogP contribution in [-0.4, -0.2) is 24.9 Å². The van der Waals surface area contributed by atoms with Gasteiger partial charge in [-0.2, -0.15) is 0 Å². The highest BCUT2D eigenvalue weighted by molar-refractivity contribution is 9.10. The number of hydrogen-bond donors (Lipinski definition) is 2. The van der Waals surface area contributed by atoms with Crippen LogP contribution in [0.25, 0.3) is 0 Å². The molecule has 0 spiro atoms. The number of aliphatic hydroxyl groups is 1. The second kappa shape index (κ2) is 4.83. The second-order valence-electron chi connectivity index (χ2n) is 5.41. The highest BCUT2D eigenvalue weighted by Crippen LogP contribution is 2.45. The van der Waals surface area contributed by atoms with Crippen molar-refractivity contribution in [3.8, 4) is 5.75 Å². The van der Waals surface area contributed by atoms with Crippen LogP contribution in [0.3, 0.4) is 0 Å². The van der Waals surface area contributed by atoms with Crippen molar-refractivity contribution in [1.29, 1.82) is 0 Å². The van der Waals surface area contributed by atoms with Crippen LogP contribution in [0.15, 0.2) is 22.7 Å². The molecular weight excluding hydrogens is 294 g/mol. The number of fused-ring (bicyclic) bond motifs is 1. The van der Waals surface area contributed by atoms with Crippen molar-refractivity contribution in [3.05, 3.63) is 28.2 Å². The number of benzene rings is 1. The molecule has 98 valence electrons. The summed E-state index contributed by atoms with van der Waals surface area (Å²) in [5.41, 5.74) is 1.38. The lowest BCUT2D eigenvalue weighted by Crippen LogP contribution is -2.33. The van der Waals surface area contributed by atoms with E-state index in [4.69, 9.17) is 4.74 Å². The first kappa shape index (κ1) is 12.5. The lowest BCUT2D eigenvalue weighted by atomic mass is 9.99. The fourth-order valence-corrected chi connectivity index (χ4v) is 2.86. The molecule has 2 aliphatic rings. The summed E-state index contributed by atoms with van der Waals surface area (Å²) in [6.07, 6.45) is 3.28. The molecule has 4 heteroatoms. The Hall–Kier alpha value is -0.580. The molecule has 18 heavy (non-hydrogen) atoms. The first-order chi connectivity index (χ1) is 8.72. The number of ether oxygens (including phenoxy) is 1. The van der Waals surface area contributed by atoms with Gasteiger partial charge in [0.05, 0.1) is 6.61 Å². The summed E-state index contributed by atoms with van der Waals surface area (Å²) in [6, 6.07) is 6.50. The van der Waals surface area contributed by atoms with E-state index in [0.717, 1.165) is 42.6 Å². The number of rotatable bonds is 4. The molecule has 1 aromatic rings. The molecule has 2 N–H and O–H groups in total. The van der Waals surface area contributed by atoms with Gasteiger partial charge in [-0.05, 0) is 31.0 Å². The minimum atomic E-state index is 0.157. The van der Waals surface area contributed by atoms with Crippen LogP contribution in [0.1, 0.15) is 30.9 Å². The first-order valence-electron chi connectivity index (χ1n) is 6.49. The summed E-state index contributed by atoms with van der Waals surface area (Å²) in [4.78, 5) is 0. The minimum Gasteiger partial charge on any atom is -0.493 e. The van der Waals surface area contributed by atoms with Gasteiger partial charge in [-0.3, -0.25) is 0 Å². The van der Waals surface area contributed by atoms with E-state index < -0.39 is 0 Å². The third-order valence-corrected chi connectivity index (χ3v) is 4.52. The zero-order valence-electron chi connectivity index (χ0n) is 10.3. The number of nitrogens with one attached hydrogen (secondary N) is 1. The van der Waals surface area contributed by atoms with Crippen LogP contribution in [0.4, 0.5) is 0 Å². The molecule has 1 aromatic carbocycles. The molecule has 1 fully saturated rings. The topological polar surface area (TPSA) is 41.5 Å². The molecule has 1 atom stereocenters. The van der Waals surface area contributed by atoms with Crippen molar-refractivity contribution in [2.75, 3.05) is 19.8 Å². The monoisotopic (exact) mass is 311 g/mol. The first-order valence-corrected chi connectivity index (χ1v) is 7.28. The maximum Gasteiger partial charge on any atom is 0.124 e. The fourth-order valence-electron chi connectivity index (χ4n) is 2.48. The van der Waals surface area contributed by atoms with E-state index in [2.05, 4.69) is 27.3 Å². The van der Waals surface area contributed by atoms with Crippen LogP contribution < -0.4 is 10.1 Å². The van der Waals surface area contributed by atoms with Crippen molar-refractivity contribution in [1.82, 2.24) is 5.32 Å². The molecule has 0 aromatic heterocycles. The average Bonchev–Trinajstić information content (AvgIpc) is 3.17. The van der Waals surface area contributed by atoms with Crippen molar-refractivity contribution in [2.24, 2.45) is 5.41 Å². The van der Waals surface area contributed by atoms with Crippen LogP contribution in [0.2, 0.25) is 0 Å². The van der Waals surface area contributed by atoms with Crippen LogP contribution >= 0.6 is 15.9 Å². The molecule has 0 amide bonds. The minimum absolute atomic E-state index is 0.157. The Kier molecular flexibility index (Phi) is 3.34. The summed E-state index contributed by atoms with van der Waals surface area (Å²) in [7, 11) is 0. The molecule has 0 radical (unpaired) electrons.